The summed E-state index contributed by atoms with van der Waals surface area (Å²) >= 11 is 12.2. The predicted octanol–water partition coefficient (Wildman–Crippen LogP) is 2.90. The van der Waals surface area contributed by atoms with Gasteiger partial charge in [0.2, 0.25) is 5.28 Å². The second-order valence-electron chi connectivity index (χ2n) is 4.41. The van der Waals surface area contributed by atoms with E-state index in [4.69, 9.17) is 27.9 Å². The Kier molecular flexibility index (Phi) is 3.43. The number of halogens is 2. The Hall–Kier alpha value is -1.17. The van der Waals surface area contributed by atoms with E-state index >= 15 is 0 Å². The number of fused-ring (bicyclic) bond motifs is 1. The van der Waals surface area contributed by atoms with Crippen molar-refractivity contribution in [3.05, 3.63) is 22.2 Å². The second-order valence-corrected chi connectivity index (χ2v) is 5.11. The van der Waals surface area contributed by atoms with Crippen LogP contribution in [-0.2, 0) is 4.74 Å². The van der Waals surface area contributed by atoms with E-state index in [1.807, 2.05) is 4.57 Å². The molecule has 2 aromatic heterocycles. The maximum absolute atomic E-state index is 11.2. The van der Waals surface area contributed by atoms with Crippen LogP contribution in [0, 0.1) is 0 Å². The lowest BCUT2D eigenvalue weighted by Crippen LogP contribution is -2.20. The minimum Gasteiger partial charge on any atom is -0.381 e. The van der Waals surface area contributed by atoms with Crippen molar-refractivity contribution in [2.24, 2.45) is 0 Å². The van der Waals surface area contributed by atoms with Gasteiger partial charge in [0.15, 0.2) is 6.29 Å². The maximum atomic E-state index is 11.2. The van der Waals surface area contributed by atoms with E-state index in [0.717, 1.165) is 19.1 Å². The lowest BCUT2D eigenvalue weighted by atomic mass is 10.1. The number of nitrogens with zero attached hydrogens (tertiary/aromatic N) is 3. The normalized spacial score (nSPS) is 16.9. The molecule has 3 heterocycles. The van der Waals surface area contributed by atoms with Gasteiger partial charge in [-0.3, -0.25) is 4.79 Å². The third kappa shape index (κ3) is 2.12. The highest BCUT2D eigenvalue weighted by molar-refractivity contribution is 6.34. The molecule has 1 aliphatic rings. The fourth-order valence-corrected chi connectivity index (χ4v) is 2.94. The fourth-order valence-electron chi connectivity index (χ4n) is 2.45. The lowest BCUT2D eigenvalue weighted by Gasteiger charge is -2.24. The van der Waals surface area contributed by atoms with Crippen LogP contribution in [-0.4, -0.2) is 34.0 Å². The Labute approximate surface area is 119 Å². The summed E-state index contributed by atoms with van der Waals surface area (Å²) in [5.41, 5.74) is 1.03. The van der Waals surface area contributed by atoms with Gasteiger partial charge in [-0.05, 0) is 24.4 Å². The van der Waals surface area contributed by atoms with Crippen molar-refractivity contribution in [2.45, 2.75) is 18.9 Å². The van der Waals surface area contributed by atoms with Crippen LogP contribution in [0.15, 0.2) is 6.20 Å². The number of hydrogen-bond acceptors (Lipinski definition) is 4. The van der Waals surface area contributed by atoms with E-state index in [9.17, 15) is 4.79 Å². The van der Waals surface area contributed by atoms with E-state index in [-0.39, 0.29) is 11.3 Å². The highest BCUT2D eigenvalue weighted by atomic mass is 35.5. The van der Waals surface area contributed by atoms with E-state index in [2.05, 4.69) is 9.97 Å². The molecule has 1 aliphatic heterocycles. The highest BCUT2D eigenvalue weighted by Gasteiger charge is 2.24. The topological polar surface area (TPSA) is 57.0 Å². The summed E-state index contributed by atoms with van der Waals surface area (Å²) in [5, 5.41) is 1.18. The minimum atomic E-state index is 0.146. The third-order valence-corrected chi connectivity index (χ3v) is 3.93. The number of hydrogen-bond donors (Lipinski definition) is 0. The zero-order valence-corrected chi connectivity index (χ0v) is 11.5. The largest absolute Gasteiger partial charge is 0.381 e. The van der Waals surface area contributed by atoms with Crippen molar-refractivity contribution in [1.29, 1.82) is 0 Å². The van der Waals surface area contributed by atoms with Crippen LogP contribution in [0.2, 0.25) is 10.4 Å². The zero-order chi connectivity index (χ0) is 13.4. The smallest absolute Gasteiger partial charge is 0.224 e. The zero-order valence-electron chi connectivity index (χ0n) is 9.97. The number of rotatable bonds is 2. The fraction of sp³-hybridized carbons (Fsp3) is 0.417. The molecule has 0 radical (unpaired) electrons. The molecule has 0 aromatic carbocycles. The van der Waals surface area contributed by atoms with Crippen LogP contribution in [0.25, 0.3) is 11.0 Å². The van der Waals surface area contributed by atoms with Gasteiger partial charge in [0.05, 0.1) is 5.56 Å². The van der Waals surface area contributed by atoms with Gasteiger partial charge in [0.25, 0.3) is 0 Å². The molecule has 0 bridgehead atoms. The Bertz CT molecular complexity index is 635. The van der Waals surface area contributed by atoms with Gasteiger partial charge >= 0.3 is 0 Å². The van der Waals surface area contributed by atoms with Gasteiger partial charge in [-0.15, -0.1) is 0 Å². The first-order valence-corrected chi connectivity index (χ1v) is 6.73. The van der Waals surface area contributed by atoms with Crippen molar-refractivity contribution in [1.82, 2.24) is 14.5 Å². The van der Waals surface area contributed by atoms with Gasteiger partial charge in [0, 0.05) is 30.8 Å². The number of aromatic nitrogens is 3. The van der Waals surface area contributed by atoms with Gasteiger partial charge in [-0.25, -0.2) is 4.98 Å². The number of aldehydes is 1. The van der Waals surface area contributed by atoms with Crippen LogP contribution in [0.3, 0.4) is 0 Å². The molecule has 19 heavy (non-hydrogen) atoms. The number of carbonyl (C=O) groups excluding carboxylic acids is 1. The van der Waals surface area contributed by atoms with E-state index < -0.39 is 0 Å². The van der Waals surface area contributed by atoms with Crippen LogP contribution in [0.4, 0.5) is 0 Å². The number of carbonyl (C=O) groups is 1. The van der Waals surface area contributed by atoms with E-state index in [0.29, 0.717) is 35.0 Å². The van der Waals surface area contributed by atoms with E-state index in [1.54, 1.807) is 0 Å². The van der Waals surface area contributed by atoms with Crippen molar-refractivity contribution >= 4 is 40.5 Å². The van der Waals surface area contributed by atoms with Crippen LogP contribution in [0.5, 0.6) is 0 Å². The molecular weight excluding hydrogens is 289 g/mol. The summed E-state index contributed by atoms with van der Waals surface area (Å²) in [6.45, 7) is 1.35. The molecule has 2 aromatic rings. The summed E-state index contributed by atoms with van der Waals surface area (Å²) < 4.78 is 7.22. The Morgan fingerprint density at radius 3 is 2.79 bits per heavy atom. The first-order valence-electron chi connectivity index (χ1n) is 5.97. The molecule has 3 rings (SSSR count). The first-order chi connectivity index (χ1) is 9.22. The molecule has 100 valence electrons. The van der Waals surface area contributed by atoms with Crippen LogP contribution in [0.1, 0.15) is 29.2 Å². The molecule has 0 atom stereocenters. The van der Waals surface area contributed by atoms with Crippen molar-refractivity contribution in [3.63, 3.8) is 0 Å². The molecule has 5 nitrogen and oxygen atoms in total. The quantitative estimate of drug-likeness (QED) is 0.632. The highest BCUT2D eigenvalue weighted by Crippen LogP contribution is 2.34. The van der Waals surface area contributed by atoms with Crippen molar-refractivity contribution in [3.8, 4) is 0 Å². The lowest BCUT2D eigenvalue weighted by molar-refractivity contribution is 0.0706. The van der Waals surface area contributed by atoms with Crippen LogP contribution >= 0.6 is 23.2 Å². The van der Waals surface area contributed by atoms with Gasteiger partial charge < -0.3 is 9.30 Å². The summed E-state index contributed by atoms with van der Waals surface area (Å²) in [6, 6.07) is 0.170. The Balaban J connectivity index is 2.23. The standard InChI is InChI=1S/C12H11Cl2N3O2/c13-10-9(6-18)8-5-15-12(14)16-11(8)17(10)7-1-3-19-4-2-7/h5-7H,1-4H2. The third-order valence-electron chi connectivity index (χ3n) is 3.37. The molecule has 1 fully saturated rings. The Morgan fingerprint density at radius 1 is 1.37 bits per heavy atom. The van der Waals surface area contributed by atoms with E-state index in [1.165, 1.54) is 6.20 Å². The van der Waals surface area contributed by atoms with Gasteiger partial charge in [-0.2, -0.15) is 4.98 Å². The van der Waals surface area contributed by atoms with Crippen molar-refractivity contribution < 1.29 is 9.53 Å². The summed E-state index contributed by atoms with van der Waals surface area (Å²) in [6.07, 6.45) is 3.95. The molecule has 0 saturated carbocycles. The first kappa shape index (κ1) is 12.8. The number of ether oxygens (including phenoxy) is 1. The van der Waals surface area contributed by atoms with Crippen LogP contribution < -0.4 is 0 Å². The molecule has 0 amide bonds. The average Bonchev–Trinajstić information content (AvgIpc) is 2.70. The molecule has 7 heteroatoms. The maximum Gasteiger partial charge on any atom is 0.224 e. The molecule has 1 saturated heterocycles. The second kappa shape index (κ2) is 5.07. The minimum absolute atomic E-state index is 0.146. The Morgan fingerprint density at radius 2 is 2.11 bits per heavy atom. The predicted molar refractivity (Wildman–Crippen MR) is 72.0 cm³/mol. The van der Waals surface area contributed by atoms with Crippen molar-refractivity contribution in [2.75, 3.05) is 13.2 Å². The molecule has 0 N–H and O–H groups in total. The summed E-state index contributed by atoms with van der Waals surface area (Å²) in [7, 11) is 0. The van der Waals surface area contributed by atoms with Gasteiger partial charge in [-0.1, -0.05) is 11.6 Å². The average molecular weight is 300 g/mol. The molecule has 0 aliphatic carbocycles. The monoisotopic (exact) mass is 299 g/mol. The van der Waals surface area contributed by atoms with Gasteiger partial charge in [0.1, 0.15) is 10.8 Å². The molecular formula is C12H11Cl2N3O2. The summed E-state index contributed by atoms with van der Waals surface area (Å²) in [4.78, 5) is 19.3. The SMILES string of the molecule is O=Cc1c(Cl)n(C2CCOCC2)c2nc(Cl)ncc12. The summed E-state index contributed by atoms with van der Waals surface area (Å²) in [5.74, 6) is 0. The molecule has 0 unspecified atom stereocenters. The molecule has 0 spiro atoms.